The fourth-order valence-electron chi connectivity index (χ4n) is 2.17. The Labute approximate surface area is 114 Å². The lowest BCUT2D eigenvalue weighted by Crippen LogP contribution is -2.35. The first-order valence-corrected chi connectivity index (χ1v) is 6.51. The zero-order valence-electron chi connectivity index (χ0n) is 11.4. The van der Waals surface area contributed by atoms with Crippen LogP contribution in [0.3, 0.4) is 0 Å². The SMILES string of the molecule is CC(C)(c1ccccc1)C(O)Cc1ccc(O)cc1. The molecule has 0 aliphatic heterocycles. The van der Waals surface area contributed by atoms with E-state index >= 15 is 0 Å². The van der Waals surface area contributed by atoms with E-state index in [1.54, 1.807) is 12.1 Å². The number of hydrogen-bond donors (Lipinski definition) is 2. The van der Waals surface area contributed by atoms with Crippen LogP contribution in [0.5, 0.6) is 5.75 Å². The van der Waals surface area contributed by atoms with Crippen molar-refractivity contribution in [3.8, 4) is 5.75 Å². The van der Waals surface area contributed by atoms with Gasteiger partial charge in [0.05, 0.1) is 6.10 Å². The van der Waals surface area contributed by atoms with Gasteiger partial charge in [0.15, 0.2) is 0 Å². The molecule has 2 N–H and O–H groups in total. The average Bonchev–Trinajstić information content (AvgIpc) is 2.42. The van der Waals surface area contributed by atoms with Gasteiger partial charge in [0, 0.05) is 5.41 Å². The third-order valence-electron chi connectivity index (χ3n) is 3.72. The van der Waals surface area contributed by atoms with Crippen molar-refractivity contribution in [2.45, 2.75) is 31.8 Å². The Bertz CT molecular complexity index is 515. The lowest BCUT2D eigenvalue weighted by molar-refractivity contribution is 0.1000. The van der Waals surface area contributed by atoms with Crippen LogP contribution in [0.1, 0.15) is 25.0 Å². The molecule has 2 nitrogen and oxygen atoms in total. The first kappa shape index (κ1) is 13.6. The van der Waals surface area contributed by atoms with Crippen LogP contribution in [-0.4, -0.2) is 16.3 Å². The number of hydrogen-bond acceptors (Lipinski definition) is 2. The maximum absolute atomic E-state index is 10.5. The molecule has 1 unspecified atom stereocenters. The van der Waals surface area contributed by atoms with Gasteiger partial charge in [-0.3, -0.25) is 0 Å². The third-order valence-corrected chi connectivity index (χ3v) is 3.72. The summed E-state index contributed by atoms with van der Waals surface area (Å²) in [6.45, 7) is 4.10. The molecule has 0 aliphatic rings. The molecule has 0 amide bonds. The van der Waals surface area contributed by atoms with Gasteiger partial charge < -0.3 is 10.2 Å². The average molecular weight is 256 g/mol. The molecule has 2 aromatic carbocycles. The minimum absolute atomic E-state index is 0.251. The highest BCUT2D eigenvalue weighted by Gasteiger charge is 2.29. The van der Waals surface area contributed by atoms with E-state index in [-0.39, 0.29) is 11.2 Å². The van der Waals surface area contributed by atoms with Gasteiger partial charge in [0.2, 0.25) is 0 Å². The summed E-state index contributed by atoms with van der Waals surface area (Å²) in [5.41, 5.74) is 1.84. The van der Waals surface area contributed by atoms with Crippen LogP contribution in [0, 0.1) is 0 Å². The van der Waals surface area contributed by atoms with Gasteiger partial charge in [0.25, 0.3) is 0 Å². The molecule has 2 rings (SSSR count). The standard InChI is InChI=1S/C17H20O2/c1-17(2,14-6-4-3-5-7-14)16(19)12-13-8-10-15(18)11-9-13/h3-11,16,18-19H,12H2,1-2H3. The predicted molar refractivity (Wildman–Crippen MR) is 77.3 cm³/mol. The molecule has 0 spiro atoms. The Kier molecular flexibility index (Phi) is 3.91. The Hall–Kier alpha value is -1.80. The monoisotopic (exact) mass is 256 g/mol. The maximum atomic E-state index is 10.5. The summed E-state index contributed by atoms with van der Waals surface area (Å²) in [5, 5.41) is 19.8. The van der Waals surface area contributed by atoms with Gasteiger partial charge in [0.1, 0.15) is 5.75 Å². The molecule has 0 aromatic heterocycles. The van der Waals surface area contributed by atoms with Crippen molar-refractivity contribution >= 4 is 0 Å². The smallest absolute Gasteiger partial charge is 0.115 e. The molecular formula is C17H20O2. The molecule has 0 radical (unpaired) electrons. The van der Waals surface area contributed by atoms with Crippen molar-refractivity contribution < 1.29 is 10.2 Å². The molecule has 2 heteroatoms. The number of aliphatic hydroxyl groups excluding tert-OH is 1. The first-order chi connectivity index (χ1) is 9.00. The second kappa shape index (κ2) is 5.45. The summed E-state index contributed by atoms with van der Waals surface area (Å²) in [4.78, 5) is 0. The highest BCUT2D eigenvalue weighted by Crippen LogP contribution is 2.29. The summed E-state index contributed by atoms with van der Waals surface area (Å²) >= 11 is 0. The lowest BCUT2D eigenvalue weighted by atomic mass is 9.77. The third kappa shape index (κ3) is 3.15. The van der Waals surface area contributed by atoms with E-state index in [1.165, 1.54) is 0 Å². The van der Waals surface area contributed by atoms with Gasteiger partial charge in [-0.25, -0.2) is 0 Å². The highest BCUT2D eigenvalue weighted by atomic mass is 16.3. The largest absolute Gasteiger partial charge is 0.508 e. The molecule has 1 atom stereocenters. The first-order valence-electron chi connectivity index (χ1n) is 6.51. The number of aromatic hydroxyl groups is 1. The van der Waals surface area contributed by atoms with E-state index in [4.69, 9.17) is 0 Å². The van der Waals surface area contributed by atoms with Crippen LogP contribution in [-0.2, 0) is 11.8 Å². The van der Waals surface area contributed by atoms with Gasteiger partial charge in [-0.2, -0.15) is 0 Å². The fraction of sp³-hybridized carbons (Fsp3) is 0.294. The van der Waals surface area contributed by atoms with Crippen molar-refractivity contribution in [3.63, 3.8) is 0 Å². The molecule has 100 valence electrons. The maximum Gasteiger partial charge on any atom is 0.115 e. The van der Waals surface area contributed by atoms with Crippen LogP contribution in [0.25, 0.3) is 0 Å². The number of phenols is 1. The van der Waals surface area contributed by atoms with Gasteiger partial charge >= 0.3 is 0 Å². The van der Waals surface area contributed by atoms with E-state index in [2.05, 4.69) is 0 Å². The molecule has 0 saturated carbocycles. The Balaban J connectivity index is 2.15. The number of aliphatic hydroxyl groups is 1. The van der Waals surface area contributed by atoms with Crippen LogP contribution < -0.4 is 0 Å². The van der Waals surface area contributed by atoms with Crippen LogP contribution in [0.15, 0.2) is 54.6 Å². The second-order valence-electron chi connectivity index (χ2n) is 5.47. The highest BCUT2D eigenvalue weighted by molar-refractivity contribution is 5.29. The molecular weight excluding hydrogens is 236 g/mol. The van der Waals surface area contributed by atoms with E-state index in [0.717, 1.165) is 11.1 Å². The minimum atomic E-state index is -0.473. The van der Waals surface area contributed by atoms with Gasteiger partial charge in [-0.05, 0) is 29.7 Å². The zero-order chi connectivity index (χ0) is 13.9. The van der Waals surface area contributed by atoms with E-state index < -0.39 is 6.10 Å². The molecule has 0 fully saturated rings. The molecule has 0 heterocycles. The van der Waals surface area contributed by atoms with Crippen LogP contribution in [0.4, 0.5) is 0 Å². The molecule has 0 aliphatic carbocycles. The van der Waals surface area contributed by atoms with Crippen LogP contribution >= 0.6 is 0 Å². The Morgan fingerprint density at radius 3 is 2.11 bits per heavy atom. The van der Waals surface area contributed by atoms with Crippen molar-refractivity contribution in [1.82, 2.24) is 0 Å². The van der Waals surface area contributed by atoms with Crippen molar-refractivity contribution in [1.29, 1.82) is 0 Å². The summed E-state index contributed by atoms with van der Waals surface area (Å²) in [6.07, 6.45) is 0.0989. The lowest BCUT2D eigenvalue weighted by Gasteiger charge is -2.31. The fourth-order valence-corrected chi connectivity index (χ4v) is 2.17. The predicted octanol–water partition coefficient (Wildman–Crippen LogP) is 3.27. The van der Waals surface area contributed by atoms with Crippen molar-refractivity contribution in [2.24, 2.45) is 0 Å². The van der Waals surface area contributed by atoms with Gasteiger partial charge in [-0.15, -0.1) is 0 Å². The summed E-state index contributed by atoms with van der Waals surface area (Å²) in [6, 6.07) is 17.0. The van der Waals surface area contributed by atoms with E-state index in [0.29, 0.717) is 6.42 Å². The van der Waals surface area contributed by atoms with Gasteiger partial charge in [-0.1, -0.05) is 56.3 Å². The Morgan fingerprint density at radius 2 is 1.53 bits per heavy atom. The number of phenolic OH excluding ortho intramolecular Hbond substituents is 1. The molecule has 19 heavy (non-hydrogen) atoms. The molecule has 2 aromatic rings. The van der Waals surface area contributed by atoms with E-state index in [9.17, 15) is 10.2 Å². The van der Waals surface area contributed by atoms with E-state index in [1.807, 2.05) is 56.3 Å². The summed E-state index contributed by atoms with van der Waals surface area (Å²) < 4.78 is 0. The molecule has 0 saturated heterocycles. The quantitative estimate of drug-likeness (QED) is 0.881. The van der Waals surface area contributed by atoms with Crippen LogP contribution in [0.2, 0.25) is 0 Å². The molecule has 0 bridgehead atoms. The minimum Gasteiger partial charge on any atom is -0.508 e. The number of benzene rings is 2. The zero-order valence-corrected chi connectivity index (χ0v) is 11.4. The van der Waals surface area contributed by atoms with Crippen molar-refractivity contribution in [3.05, 3.63) is 65.7 Å². The number of rotatable bonds is 4. The second-order valence-corrected chi connectivity index (χ2v) is 5.47. The summed E-state index contributed by atoms with van der Waals surface area (Å²) in [5.74, 6) is 0.251. The Morgan fingerprint density at radius 1 is 0.947 bits per heavy atom. The van der Waals surface area contributed by atoms with Crippen molar-refractivity contribution in [2.75, 3.05) is 0 Å². The summed E-state index contributed by atoms with van der Waals surface area (Å²) in [7, 11) is 0. The normalized spacial score (nSPS) is 13.2. The topological polar surface area (TPSA) is 40.5 Å².